The van der Waals surface area contributed by atoms with Gasteiger partial charge in [-0.25, -0.2) is 0 Å². The van der Waals surface area contributed by atoms with Crippen molar-refractivity contribution in [2.24, 2.45) is 38.8 Å². The lowest BCUT2D eigenvalue weighted by Crippen LogP contribution is -2.42. The zero-order valence-corrected chi connectivity index (χ0v) is 30.1. The van der Waals surface area contributed by atoms with E-state index in [0.29, 0.717) is 17.9 Å². The Morgan fingerprint density at radius 3 is 1.56 bits per heavy atom. The van der Waals surface area contributed by atoms with Gasteiger partial charge in [-0.15, -0.1) is 0 Å². The lowest BCUT2D eigenvalue weighted by molar-refractivity contribution is 0.165. The molecule has 6 rings (SSSR count). The van der Waals surface area contributed by atoms with Crippen LogP contribution in [0.4, 0.5) is 0 Å². The lowest BCUT2D eigenvalue weighted by atomic mass is 10.1. The van der Waals surface area contributed by atoms with Gasteiger partial charge < -0.3 is 16.2 Å². The smallest absolute Gasteiger partial charge is 0.0633 e. The molecule has 5 fully saturated rings. The molecule has 13 nitrogen and oxygen atoms in total. The van der Waals surface area contributed by atoms with E-state index in [0.717, 1.165) is 75.8 Å². The van der Waals surface area contributed by atoms with Crippen molar-refractivity contribution in [1.82, 2.24) is 10.2 Å². The van der Waals surface area contributed by atoms with Crippen LogP contribution in [0.25, 0.3) is 31.3 Å². The lowest BCUT2D eigenvalue weighted by Gasteiger charge is -2.27. The Kier molecular flexibility index (Phi) is 21.1. The molecule has 8 atom stereocenters. The van der Waals surface area contributed by atoms with Crippen LogP contribution < -0.4 is 11.1 Å². The average Bonchev–Trinajstić information content (AvgIpc) is 3.89. The molecular formula is C34H59ClN12O. The minimum Gasteiger partial charge on any atom is -0.393 e. The summed E-state index contributed by atoms with van der Waals surface area (Å²) >= 11 is 5.83. The van der Waals surface area contributed by atoms with E-state index >= 15 is 0 Å². The van der Waals surface area contributed by atoms with Gasteiger partial charge in [0.25, 0.3) is 0 Å². The molecule has 5 aliphatic rings. The van der Waals surface area contributed by atoms with Crippen LogP contribution >= 0.6 is 11.6 Å². The minimum atomic E-state index is -0.388. The van der Waals surface area contributed by atoms with E-state index in [4.69, 9.17) is 39.0 Å². The molecule has 4 N–H and O–H groups in total. The zero-order valence-electron chi connectivity index (χ0n) is 29.3. The van der Waals surface area contributed by atoms with Crippen molar-refractivity contribution < 1.29 is 5.11 Å². The molecule has 48 heavy (non-hydrogen) atoms. The number of hydrogen-bond acceptors (Lipinski definition) is 7. The minimum absolute atomic E-state index is 0.157. The third-order valence-corrected chi connectivity index (χ3v) is 10.4. The van der Waals surface area contributed by atoms with Gasteiger partial charge in [0.05, 0.1) is 12.1 Å². The van der Waals surface area contributed by atoms with Crippen molar-refractivity contribution in [3.05, 3.63) is 66.2 Å². The third kappa shape index (κ3) is 16.6. The summed E-state index contributed by atoms with van der Waals surface area (Å²) in [7, 11) is 0. The number of halogens is 1. The molecule has 268 valence electrons. The highest BCUT2D eigenvalue weighted by atomic mass is 35.5. The summed E-state index contributed by atoms with van der Waals surface area (Å²) in [6.07, 6.45) is 13.2. The SMILES string of the molecule is C[C@@H]1CCC[C@H]1N=[N+]=[N-].C[C@H]1CCC[C@H]1N.C[C@H]1CCC[C@H]1N=[N+]=[N-].Clc1ccc(CN2CCNCC2)cc1.[N-]=[N+]=N[C@@H]1CCC[C@H]1O. The van der Waals surface area contributed by atoms with Crippen molar-refractivity contribution in [1.29, 1.82) is 0 Å². The van der Waals surface area contributed by atoms with Crippen LogP contribution in [0.1, 0.15) is 103 Å². The van der Waals surface area contributed by atoms with E-state index < -0.39 is 0 Å². The number of rotatable bonds is 5. The van der Waals surface area contributed by atoms with Crippen LogP contribution in [-0.4, -0.2) is 66.5 Å². The number of benzene rings is 1. The Morgan fingerprint density at radius 2 is 1.19 bits per heavy atom. The molecule has 1 heterocycles. The monoisotopic (exact) mass is 686 g/mol. The Morgan fingerprint density at radius 1 is 0.729 bits per heavy atom. The van der Waals surface area contributed by atoms with Gasteiger partial charge in [-0.05, 0) is 90.6 Å². The number of piperazine rings is 1. The van der Waals surface area contributed by atoms with E-state index in [1.165, 1.54) is 50.5 Å². The van der Waals surface area contributed by atoms with Gasteiger partial charge in [0.15, 0.2) is 0 Å². The van der Waals surface area contributed by atoms with E-state index in [1.54, 1.807) is 0 Å². The number of aliphatic hydroxyl groups is 1. The predicted octanol–water partition coefficient (Wildman–Crippen LogP) is 9.06. The van der Waals surface area contributed by atoms with Crippen LogP contribution in [0.5, 0.6) is 0 Å². The summed E-state index contributed by atoms with van der Waals surface area (Å²) in [5.41, 5.74) is 31.2. The molecule has 1 aromatic rings. The topological polar surface area (TPSA) is 208 Å². The second-order valence-electron chi connectivity index (χ2n) is 13.9. The van der Waals surface area contributed by atoms with E-state index in [2.05, 4.69) is 73.2 Å². The van der Waals surface area contributed by atoms with Crippen molar-refractivity contribution in [3.8, 4) is 0 Å². The standard InChI is InChI=1S/C11H15ClN2.2C6H11N3.C6H13N.C5H9N3O/c12-11-3-1-10(2-4-11)9-14-7-5-13-6-8-14;2*1-5-3-2-4-6(5)8-9-7;1-5-3-2-4-6(5)7;6-8-7-4-2-1-3-5(4)9/h1-4,13H,5-9H2;2*5-6H,2-4H2,1H3;5-6H,2-4,7H2,1H3;4-5,9H,1-3H2/t;5-,6+;5-,6-;5-,6+;4-,5-/m.0101/s1. The van der Waals surface area contributed by atoms with E-state index in [9.17, 15) is 0 Å². The molecule has 4 aliphatic carbocycles. The first kappa shape index (κ1) is 41.5. The second kappa shape index (κ2) is 24.4. The molecule has 0 aromatic heterocycles. The Hall–Kier alpha value is -2.72. The fourth-order valence-electron chi connectivity index (χ4n) is 6.74. The van der Waals surface area contributed by atoms with Crippen molar-refractivity contribution in [2.75, 3.05) is 26.2 Å². The molecule has 1 aromatic carbocycles. The summed E-state index contributed by atoms with van der Waals surface area (Å²) in [4.78, 5) is 10.7. The van der Waals surface area contributed by atoms with Crippen LogP contribution in [0, 0.1) is 17.8 Å². The van der Waals surface area contributed by atoms with Gasteiger partial charge in [-0.3, -0.25) is 4.90 Å². The molecule has 14 heteroatoms. The molecule has 1 saturated heterocycles. The van der Waals surface area contributed by atoms with Gasteiger partial charge in [-0.2, -0.15) is 0 Å². The van der Waals surface area contributed by atoms with Gasteiger partial charge >= 0.3 is 0 Å². The molecule has 0 bridgehead atoms. The highest BCUT2D eigenvalue weighted by Crippen LogP contribution is 2.28. The van der Waals surface area contributed by atoms with E-state index in [1.807, 2.05) is 12.1 Å². The van der Waals surface area contributed by atoms with Gasteiger partial charge in [-0.1, -0.05) is 98.4 Å². The fraction of sp³-hybridized carbons (Fsp3) is 0.824. The largest absolute Gasteiger partial charge is 0.393 e. The van der Waals surface area contributed by atoms with Crippen LogP contribution in [0.2, 0.25) is 5.02 Å². The Labute approximate surface area is 292 Å². The third-order valence-electron chi connectivity index (χ3n) is 10.1. The number of nitrogens with zero attached hydrogens (tertiary/aromatic N) is 10. The summed E-state index contributed by atoms with van der Waals surface area (Å²) < 4.78 is 0. The normalized spacial score (nSPS) is 30.5. The molecule has 0 amide bonds. The van der Waals surface area contributed by atoms with Crippen LogP contribution in [0.3, 0.4) is 0 Å². The number of hydrogen-bond donors (Lipinski definition) is 3. The highest BCUT2D eigenvalue weighted by Gasteiger charge is 2.24. The quantitative estimate of drug-likeness (QED) is 0.157. The van der Waals surface area contributed by atoms with Gasteiger partial charge in [0.2, 0.25) is 0 Å². The maximum absolute atomic E-state index is 9.06. The number of nitrogens with one attached hydrogen (secondary N) is 1. The summed E-state index contributed by atoms with van der Waals surface area (Å²) in [6, 6.07) is 9.05. The van der Waals surface area contributed by atoms with E-state index in [-0.39, 0.29) is 24.2 Å². The van der Waals surface area contributed by atoms with Gasteiger partial charge in [0, 0.05) is 70.6 Å². The first-order chi connectivity index (χ1) is 23.2. The summed E-state index contributed by atoms with van der Waals surface area (Å²) in [5.74, 6) is 2.02. The van der Waals surface area contributed by atoms with Gasteiger partial charge in [0.1, 0.15) is 0 Å². The van der Waals surface area contributed by atoms with Crippen molar-refractivity contribution in [2.45, 2.75) is 135 Å². The molecule has 4 saturated carbocycles. The van der Waals surface area contributed by atoms with Crippen LogP contribution in [0.15, 0.2) is 39.6 Å². The second-order valence-corrected chi connectivity index (χ2v) is 14.3. The Balaban J connectivity index is 0.000000213. The molecule has 0 radical (unpaired) electrons. The first-order valence-electron chi connectivity index (χ1n) is 17.9. The zero-order chi connectivity index (χ0) is 35.1. The summed E-state index contributed by atoms with van der Waals surface area (Å²) in [6.45, 7) is 12.1. The van der Waals surface area contributed by atoms with Crippen molar-refractivity contribution in [3.63, 3.8) is 0 Å². The molecule has 1 aliphatic heterocycles. The maximum atomic E-state index is 9.06. The summed E-state index contributed by atoms with van der Waals surface area (Å²) in [5, 5.41) is 24.0. The first-order valence-corrected chi connectivity index (χ1v) is 18.3. The molecule has 0 spiro atoms. The number of aliphatic hydroxyl groups excluding tert-OH is 1. The molecule has 0 unspecified atom stereocenters. The van der Waals surface area contributed by atoms with Crippen molar-refractivity contribution >= 4 is 11.6 Å². The fourth-order valence-corrected chi connectivity index (χ4v) is 6.87. The number of azide groups is 3. The Bertz CT molecular complexity index is 1070. The predicted molar refractivity (Wildman–Crippen MR) is 195 cm³/mol. The van der Waals surface area contributed by atoms with Crippen LogP contribution in [-0.2, 0) is 6.54 Å². The number of nitrogens with two attached hydrogens (primary N) is 1. The average molecular weight is 687 g/mol. The molecular weight excluding hydrogens is 628 g/mol. The highest BCUT2D eigenvalue weighted by molar-refractivity contribution is 6.30. The maximum Gasteiger partial charge on any atom is 0.0633 e.